The Hall–Kier alpha value is -5.44. The average molecular weight is 648 g/mol. The fraction of sp³-hybridized carbons (Fsp3) is 0. The molecule has 212 valence electrons. The quantitative estimate of drug-likeness (QED) is 0.165. The summed E-state index contributed by atoms with van der Waals surface area (Å²) in [7, 11) is 0. The van der Waals surface area contributed by atoms with Crippen molar-refractivity contribution in [1.29, 1.82) is 0 Å². The van der Waals surface area contributed by atoms with Gasteiger partial charge < -0.3 is 20.4 Å². The van der Waals surface area contributed by atoms with Crippen LogP contribution in [-0.4, -0.2) is 40.1 Å². The van der Waals surface area contributed by atoms with Gasteiger partial charge in [-0.3, -0.25) is 40.5 Å². The number of nitro groups is 4. The topological polar surface area (TPSA) is 253 Å². The molecule has 4 aromatic rings. The van der Waals surface area contributed by atoms with Crippen LogP contribution >= 0.6 is 0 Å². The van der Waals surface area contributed by atoms with E-state index in [2.05, 4.69) is 0 Å². The number of hydrogen-bond acceptors (Lipinski definition) is 12. The average Bonchev–Trinajstić information content (AvgIpc) is 2.90. The van der Waals surface area contributed by atoms with Crippen molar-refractivity contribution in [3.05, 3.63) is 138 Å². The first-order valence-electron chi connectivity index (χ1n) is 10.5. The van der Waals surface area contributed by atoms with Gasteiger partial charge in [0, 0.05) is 50.5 Å². The molecule has 0 atom stereocenters. The van der Waals surface area contributed by atoms with E-state index >= 15 is 0 Å². The molecule has 0 fully saturated rings. The van der Waals surface area contributed by atoms with Crippen molar-refractivity contribution in [2.45, 2.75) is 0 Å². The van der Waals surface area contributed by atoms with E-state index in [1.165, 1.54) is 72.8 Å². The molecule has 0 bridgehead atoms. The number of benzene rings is 4. The molecule has 16 nitrogen and oxygen atoms in total. The molecule has 0 heterocycles. The number of nitrogens with zero attached hydrogens (tertiary/aromatic N) is 4. The van der Waals surface area contributed by atoms with Crippen LogP contribution in [0.25, 0.3) is 0 Å². The Morgan fingerprint density at radius 1 is 0.390 bits per heavy atom. The smallest absolute Gasteiger partial charge is 0.273 e. The summed E-state index contributed by atoms with van der Waals surface area (Å²) in [4.78, 5) is 38.0. The largest absolute Gasteiger partial charge is 0.508 e. The summed E-state index contributed by atoms with van der Waals surface area (Å²) in [6, 6.07) is 20.9. The van der Waals surface area contributed by atoms with Crippen molar-refractivity contribution in [3.8, 4) is 23.0 Å². The van der Waals surface area contributed by atoms with Gasteiger partial charge in [0.1, 0.15) is 23.0 Å². The van der Waals surface area contributed by atoms with Crippen LogP contribution in [0.5, 0.6) is 23.0 Å². The van der Waals surface area contributed by atoms with Crippen molar-refractivity contribution in [1.82, 2.24) is 0 Å². The maximum absolute atomic E-state index is 10.0. The summed E-state index contributed by atoms with van der Waals surface area (Å²) >= 11 is 0. The second-order valence-corrected chi connectivity index (χ2v) is 7.11. The van der Waals surface area contributed by atoms with Gasteiger partial charge in [-0.25, -0.2) is 0 Å². The third-order valence-corrected chi connectivity index (χ3v) is 4.16. The second kappa shape index (κ2) is 18.0. The molecule has 17 heteroatoms. The van der Waals surface area contributed by atoms with Crippen molar-refractivity contribution < 1.29 is 66.3 Å². The van der Waals surface area contributed by atoms with Gasteiger partial charge in [-0.15, -0.1) is 0 Å². The maximum atomic E-state index is 10.0. The Kier molecular flexibility index (Phi) is 15.6. The SMILES string of the molecule is O=[N+]([O-])c1cccc(O)c1.O=[N+]([O-])c1cccc(O)c1.O=[N+]([O-])c1cccc(O)c1.O=[N+]([O-])c1cccc(O)c1.[Zr]. The van der Waals surface area contributed by atoms with Crippen LogP contribution in [0.2, 0.25) is 0 Å². The van der Waals surface area contributed by atoms with Crippen LogP contribution in [0.15, 0.2) is 97.1 Å². The predicted molar refractivity (Wildman–Crippen MR) is 139 cm³/mol. The zero-order chi connectivity index (χ0) is 30.2. The van der Waals surface area contributed by atoms with Gasteiger partial charge in [-0.05, 0) is 24.3 Å². The standard InChI is InChI=1S/4C6H5NO3.Zr/c4*8-6-3-1-2-5(4-6)7(9)10;/h4*1-4,8H;. The van der Waals surface area contributed by atoms with Crippen molar-refractivity contribution in [2.24, 2.45) is 0 Å². The second-order valence-electron chi connectivity index (χ2n) is 7.11. The van der Waals surface area contributed by atoms with Gasteiger partial charge in [0.15, 0.2) is 0 Å². The number of phenolic OH excluding ortho intramolecular Hbond substituents is 4. The van der Waals surface area contributed by atoms with E-state index in [1.54, 1.807) is 0 Å². The minimum Gasteiger partial charge on any atom is -0.508 e. The summed E-state index contributed by atoms with van der Waals surface area (Å²) in [5.41, 5.74) is -0.389. The van der Waals surface area contributed by atoms with Crippen LogP contribution in [0, 0.1) is 40.5 Å². The van der Waals surface area contributed by atoms with E-state index in [0.29, 0.717) is 0 Å². The molecule has 0 radical (unpaired) electrons. The van der Waals surface area contributed by atoms with E-state index in [9.17, 15) is 40.5 Å². The van der Waals surface area contributed by atoms with Crippen LogP contribution in [0.3, 0.4) is 0 Å². The van der Waals surface area contributed by atoms with Crippen molar-refractivity contribution in [3.63, 3.8) is 0 Å². The van der Waals surface area contributed by atoms with Gasteiger partial charge in [0.25, 0.3) is 22.7 Å². The molecule has 4 aromatic carbocycles. The van der Waals surface area contributed by atoms with E-state index in [0.717, 1.165) is 24.3 Å². The molecule has 4 rings (SSSR count). The third kappa shape index (κ3) is 14.3. The summed E-state index contributed by atoms with van der Waals surface area (Å²) in [5.74, 6) is -0.355. The minimum absolute atomic E-state index is 0. The molecule has 41 heavy (non-hydrogen) atoms. The molecule has 0 amide bonds. The Balaban J connectivity index is 0.000000516. The summed E-state index contributed by atoms with van der Waals surface area (Å²) < 4.78 is 0. The van der Waals surface area contributed by atoms with Crippen LogP contribution in [-0.2, 0) is 26.2 Å². The number of hydrogen-bond donors (Lipinski definition) is 4. The molecule has 4 N–H and O–H groups in total. The van der Waals surface area contributed by atoms with Gasteiger partial charge >= 0.3 is 0 Å². The number of phenols is 4. The van der Waals surface area contributed by atoms with Gasteiger partial charge in [-0.1, -0.05) is 24.3 Å². The van der Waals surface area contributed by atoms with E-state index in [1.807, 2.05) is 0 Å². The molecule has 0 aromatic heterocycles. The van der Waals surface area contributed by atoms with E-state index in [-0.39, 0.29) is 72.0 Å². The van der Waals surface area contributed by atoms with Gasteiger partial charge in [-0.2, -0.15) is 0 Å². The zero-order valence-corrected chi connectivity index (χ0v) is 23.0. The fourth-order valence-corrected chi connectivity index (χ4v) is 2.43. The molecule has 0 aliphatic rings. The summed E-state index contributed by atoms with van der Waals surface area (Å²) in [6.45, 7) is 0. The number of rotatable bonds is 4. The minimum atomic E-state index is -0.556. The monoisotopic (exact) mass is 646 g/mol. The molecule has 0 aliphatic heterocycles. The number of nitro benzene ring substituents is 4. The Bertz CT molecular complexity index is 1260. The zero-order valence-electron chi connectivity index (χ0n) is 20.6. The molecule has 0 spiro atoms. The molecule has 0 aliphatic carbocycles. The number of aromatic hydroxyl groups is 4. The Labute approximate surface area is 249 Å². The Morgan fingerprint density at radius 3 is 0.659 bits per heavy atom. The first-order chi connectivity index (χ1) is 18.8. The molecular weight excluding hydrogens is 628 g/mol. The summed E-state index contributed by atoms with van der Waals surface area (Å²) in [6.07, 6.45) is 0. The summed E-state index contributed by atoms with van der Waals surface area (Å²) in [5, 5.41) is 75.2. The first kappa shape index (κ1) is 35.6. The fourth-order valence-electron chi connectivity index (χ4n) is 2.43. The maximum Gasteiger partial charge on any atom is 0.273 e. The van der Waals surface area contributed by atoms with Crippen LogP contribution < -0.4 is 0 Å². The van der Waals surface area contributed by atoms with E-state index < -0.39 is 19.7 Å². The molecule has 0 saturated heterocycles. The van der Waals surface area contributed by atoms with Crippen molar-refractivity contribution >= 4 is 22.7 Å². The normalized spacial score (nSPS) is 8.98. The first-order valence-corrected chi connectivity index (χ1v) is 10.5. The van der Waals surface area contributed by atoms with E-state index in [4.69, 9.17) is 20.4 Å². The number of non-ortho nitro benzene ring substituents is 4. The van der Waals surface area contributed by atoms with Gasteiger partial charge in [0.2, 0.25) is 0 Å². The Morgan fingerprint density at radius 2 is 0.561 bits per heavy atom. The molecule has 0 unspecified atom stereocenters. The molecule has 0 saturated carbocycles. The predicted octanol–water partition coefficient (Wildman–Crippen LogP) is 5.20. The molecular formula is C24H20N4O12Zr. The van der Waals surface area contributed by atoms with Crippen LogP contribution in [0.1, 0.15) is 0 Å². The third-order valence-electron chi connectivity index (χ3n) is 4.16. The van der Waals surface area contributed by atoms with Crippen molar-refractivity contribution in [2.75, 3.05) is 0 Å². The van der Waals surface area contributed by atoms with Gasteiger partial charge in [0.05, 0.1) is 44.0 Å². The van der Waals surface area contributed by atoms with Crippen LogP contribution in [0.4, 0.5) is 22.7 Å².